The number of rotatable bonds is 6. The zero-order chi connectivity index (χ0) is 17.5. The van der Waals surface area contributed by atoms with Crippen molar-refractivity contribution in [2.24, 2.45) is 0 Å². The monoisotopic (exact) mass is 347 g/mol. The predicted molar refractivity (Wildman–Crippen MR) is 98.7 cm³/mol. The third-order valence-electron chi connectivity index (χ3n) is 3.55. The van der Waals surface area contributed by atoms with Crippen molar-refractivity contribution in [3.63, 3.8) is 0 Å². The van der Waals surface area contributed by atoms with Gasteiger partial charge in [-0.3, -0.25) is 0 Å². The van der Waals surface area contributed by atoms with Gasteiger partial charge in [-0.05, 0) is 23.8 Å². The maximum absolute atomic E-state index is 12.5. The molecule has 2 N–H and O–H groups in total. The van der Waals surface area contributed by atoms with Crippen LogP contribution in [0.15, 0.2) is 48.5 Å². The maximum Gasteiger partial charge on any atom is 0.322 e. The summed E-state index contributed by atoms with van der Waals surface area (Å²) in [5.74, 6) is 0. The Balaban J connectivity index is 2.08. The van der Waals surface area contributed by atoms with Gasteiger partial charge in [-0.1, -0.05) is 41.9 Å². The smallest absolute Gasteiger partial charge is 0.322 e. The van der Waals surface area contributed by atoms with Crippen LogP contribution in [0.2, 0.25) is 5.02 Å². The number of anilines is 2. The summed E-state index contributed by atoms with van der Waals surface area (Å²) in [5.41, 5.74) is 2.50. The van der Waals surface area contributed by atoms with Crippen molar-refractivity contribution >= 4 is 29.0 Å². The molecule has 0 aliphatic heterocycles. The van der Waals surface area contributed by atoms with E-state index in [2.05, 4.69) is 5.32 Å². The molecule has 0 unspecified atom stereocenters. The second-order valence-electron chi connectivity index (χ2n) is 5.62. The topological polar surface area (TPSA) is 55.8 Å². The molecule has 0 spiro atoms. The van der Waals surface area contributed by atoms with Gasteiger partial charge in [0.25, 0.3) is 0 Å². The lowest BCUT2D eigenvalue weighted by molar-refractivity contribution is 0.185. The van der Waals surface area contributed by atoms with Gasteiger partial charge in [0.05, 0.1) is 17.3 Å². The maximum atomic E-state index is 12.5. The van der Waals surface area contributed by atoms with Gasteiger partial charge < -0.3 is 20.2 Å². The molecule has 0 bridgehead atoms. The van der Waals surface area contributed by atoms with Crippen molar-refractivity contribution in [3.05, 3.63) is 59.1 Å². The highest BCUT2D eigenvalue weighted by Gasteiger charge is 2.14. The summed E-state index contributed by atoms with van der Waals surface area (Å²) in [4.78, 5) is 16.0. The Morgan fingerprint density at radius 2 is 1.88 bits per heavy atom. The highest BCUT2D eigenvalue weighted by molar-refractivity contribution is 6.33. The fourth-order valence-electron chi connectivity index (χ4n) is 2.33. The number of benzene rings is 2. The molecule has 2 aromatic carbocycles. The summed E-state index contributed by atoms with van der Waals surface area (Å²) in [6.45, 7) is 0.585. The van der Waals surface area contributed by atoms with Crippen molar-refractivity contribution in [2.75, 3.05) is 37.5 Å². The lowest BCUT2D eigenvalue weighted by Crippen LogP contribution is -2.36. The SMILES string of the molecule is CN(C)c1ccc(NC(=O)N(CCO)Cc2ccccc2)cc1Cl. The Bertz CT molecular complexity index is 677. The van der Waals surface area contributed by atoms with E-state index in [9.17, 15) is 9.90 Å². The van der Waals surface area contributed by atoms with Gasteiger partial charge in [0.2, 0.25) is 0 Å². The number of amides is 2. The van der Waals surface area contributed by atoms with E-state index in [-0.39, 0.29) is 19.2 Å². The van der Waals surface area contributed by atoms with Crippen LogP contribution < -0.4 is 10.2 Å². The highest BCUT2D eigenvalue weighted by atomic mass is 35.5. The van der Waals surface area contributed by atoms with E-state index in [4.69, 9.17) is 11.6 Å². The summed E-state index contributed by atoms with van der Waals surface area (Å²) in [7, 11) is 3.81. The number of hydrogen-bond acceptors (Lipinski definition) is 3. The van der Waals surface area contributed by atoms with Crippen LogP contribution in [0.5, 0.6) is 0 Å². The van der Waals surface area contributed by atoms with Gasteiger partial charge in [0.1, 0.15) is 0 Å². The van der Waals surface area contributed by atoms with Gasteiger partial charge >= 0.3 is 6.03 Å². The average molecular weight is 348 g/mol. The Kier molecular flexibility index (Phi) is 6.46. The zero-order valence-electron chi connectivity index (χ0n) is 13.9. The minimum absolute atomic E-state index is 0.0966. The van der Waals surface area contributed by atoms with Gasteiger partial charge in [-0.15, -0.1) is 0 Å². The van der Waals surface area contributed by atoms with Crippen LogP contribution in [-0.4, -0.2) is 43.3 Å². The van der Waals surface area contributed by atoms with Crippen molar-refractivity contribution in [3.8, 4) is 0 Å². The molecule has 24 heavy (non-hydrogen) atoms. The molecule has 6 heteroatoms. The molecule has 0 aliphatic carbocycles. The minimum atomic E-state index is -0.276. The van der Waals surface area contributed by atoms with Gasteiger partial charge in [-0.25, -0.2) is 4.79 Å². The zero-order valence-corrected chi connectivity index (χ0v) is 14.6. The molecule has 0 saturated carbocycles. The lowest BCUT2D eigenvalue weighted by atomic mass is 10.2. The summed E-state index contributed by atoms with van der Waals surface area (Å²) < 4.78 is 0. The second-order valence-corrected chi connectivity index (χ2v) is 6.03. The first-order valence-electron chi connectivity index (χ1n) is 7.69. The number of urea groups is 1. The molecule has 0 heterocycles. The number of carbonyl (C=O) groups excluding carboxylic acids is 1. The Hall–Kier alpha value is -2.24. The number of carbonyl (C=O) groups is 1. The third kappa shape index (κ3) is 4.88. The number of aliphatic hydroxyl groups excluding tert-OH is 1. The quantitative estimate of drug-likeness (QED) is 0.841. The first kappa shape index (κ1) is 18.1. The molecule has 0 aliphatic rings. The van der Waals surface area contributed by atoms with Crippen LogP contribution in [-0.2, 0) is 6.54 Å². The lowest BCUT2D eigenvalue weighted by Gasteiger charge is -2.23. The average Bonchev–Trinajstić information content (AvgIpc) is 2.55. The summed E-state index contributed by atoms with van der Waals surface area (Å²) >= 11 is 6.23. The molecular weight excluding hydrogens is 326 g/mol. The molecule has 128 valence electrons. The summed E-state index contributed by atoms with van der Waals surface area (Å²) in [5, 5.41) is 12.6. The molecule has 2 rings (SSSR count). The molecule has 2 amide bonds. The largest absolute Gasteiger partial charge is 0.395 e. The van der Waals surface area contributed by atoms with Crippen LogP contribution in [0, 0.1) is 0 Å². The van der Waals surface area contributed by atoms with Crippen LogP contribution in [0.3, 0.4) is 0 Å². The molecule has 0 saturated heterocycles. The number of nitrogens with zero attached hydrogens (tertiary/aromatic N) is 2. The Morgan fingerprint density at radius 1 is 1.17 bits per heavy atom. The van der Waals surface area contributed by atoms with Crippen LogP contribution in [0.1, 0.15) is 5.56 Å². The third-order valence-corrected chi connectivity index (χ3v) is 3.86. The van der Waals surface area contributed by atoms with Crippen molar-refractivity contribution in [1.29, 1.82) is 0 Å². The fraction of sp³-hybridized carbons (Fsp3) is 0.278. The number of hydrogen-bond donors (Lipinski definition) is 2. The van der Waals surface area contributed by atoms with E-state index in [1.807, 2.05) is 55.4 Å². The van der Waals surface area contributed by atoms with E-state index in [0.717, 1.165) is 11.3 Å². The molecule has 0 fully saturated rings. The van der Waals surface area contributed by atoms with E-state index in [0.29, 0.717) is 17.3 Å². The van der Waals surface area contributed by atoms with Gasteiger partial charge in [-0.2, -0.15) is 0 Å². The standard InChI is InChI=1S/C18H22ClN3O2/c1-21(2)17-9-8-15(12-16(17)19)20-18(24)22(10-11-23)13-14-6-4-3-5-7-14/h3-9,12,23H,10-11,13H2,1-2H3,(H,20,24). The summed E-state index contributed by atoms with van der Waals surface area (Å²) in [6, 6.07) is 14.8. The number of nitrogens with one attached hydrogen (secondary N) is 1. The van der Waals surface area contributed by atoms with Crippen LogP contribution in [0.25, 0.3) is 0 Å². The first-order valence-corrected chi connectivity index (χ1v) is 8.06. The van der Waals surface area contributed by atoms with E-state index in [1.54, 1.807) is 17.0 Å². The van der Waals surface area contributed by atoms with Crippen molar-refractivity contribution in [1.82, 2.24) is 4.90 Å². The normalized spacial score (nSPS) is 10.3. The highest BCUT2D eigenvalue weighted by Crippen LogP contribution is 2.27. The van der Waals surface area contributed by atoms with E-state index < -0.39 is 0 Å². The van der Waals surface area contributed by atoms with Crippen molar-refractivity contribution in [2.45, 2.75) is 6.54 Å². The Labute approximate surface area is 147 Å². The molecule has 2 aromatic rings. The molecular formula is C18H22ClN3O2. The molecule has 5 nitrogen and oxygen atoms in total. The number of halogens is 1. The molecule has 0 radical (unpaired) electrons. The van der Waals surface area contributed by atoms with Gasteiger partial charge in [0.15, 0.2) is 0 Å². The molecule has 0 aromatic heterocycles. The summed E-state index contributed by atoms with van der Waals surface area (Å²) in [6.07, 6.45) is 0. The van der Waals surface area contributed by atoms with Crippen molar-refractivity contribution < 1.29 is 9.90 Å². The van der Waals surface area contributed by atoms with Gasteiger partial charge in [0, 0.05) is 32.9 Å². The number of aliphatic hydroxyl groups is 1. The van der Waals surface area contributed by atoms with E-state index >= 15 is 0 Å². The molecule has 0 atom stereocenters. The van der Waals surface area contributed by atoms with Crippen LogP contribution >= 0.6 is 11.6 Å². The van der Waals surface area contributed by atoms with E-state index in [1.165, 1.54) is 0 Å². The fourth-order valence-corrected chi connectivity index (χ4v) is 2.68. The minimum Gasteiger partial charge on any atom is -0.395 e. The predicted octanol–water partition coefficient (Wildman–Crippen LogP) is 3.43. The Morgan fingerprint density at radius 3 is 2.46 bits per heavy atom. The first-order chi connectivity index (χ1) is 11.5. The second kappa shape index (κ2) is 8.57. The van der Waals surface area contributed by atoms with Crippen LogP contribution in [0.4, 0.5) is 16.2 Å².